The fourth-order valence-electron chi connectivity index (χ4n) is 1.45. The molecule has 0 spiro atoms. The van der Waals surface area contributed by atoms with Gasteiger partial charge >= 0.3 is 0 Å². The number of nitrogens with one attached hydrogen (secondary N) is 1. The number of furan rings is 1. The summed E-state index contributed by atoms with van der Waals surface area (Å²) >= 11 is 0. The average molecular weight is 270 g/mol. The van der Waals surface area contributed by atoms with E-state index in [4.69, 9.17) is 4.42 Å². The molecule has 1 heterocycles. The van der Waals surface area contributed by atoms with Crippen LogP contribution < -0.4 is 5.32 Å². The molecular formula is C12H18N2O3S. The lowest BCUT2D eigenvalue weighted by molar-refractivity contribution is 0.384. The van der Waals surface area contributed by atoms with E-state index in [1.165, 1.54) is 22.5 Å². The van der Waals surface area contributed by atoms with Gasteiger partial charge in [-0.25, -0.2) is 8.42 Å². The van der Waals surface area contributed by atoms with Crippen molar-refractivity contribution in [3.05, 3.63) is 43.2 Å². The predicted molar refractivity (Wildman–Crippen MR) is 70.6 cm³/mol. The number of rotatable bonds is 8. The molecule has 0 unspecified atom stereocenters. The summed E-state index contributed by atoms with van der Waals surface area (Å²) in [6, 6.07) is 3.10. The van der Waals surface area contributed by atoms with E-state index in [1.54, 1.807) is 13.1 Å². The average Bonchev–Trinajstić information content (AvgIpc) is 2.78. The molecule has 0 aromatic carbocycles. The predicted octanol–water partition coefficient (Wildman–Crippen LogP) is 1.36. The molecule has 0 atom stereocenters. The second-order valence-electron chi connectivity index (χ2n) is 3.65. The highest BCUT2D eigenvalue weighted by Crippen LogP contribution is 2.18. The molecule has 1 N–H and O–H groups in total. The number of hydrogen-bond donors (Lipinski definition) is 1. The summed E-state index contributed by atoms with van der Waals surface area (Å²) in [5.74, 6) is 0.577. The Morgan fingerprint density at radius 3 is 2.44 bits per heavy atom. The molecule has 1 aromatic rings. The summed E-state index contributed by atoms with van der Waals surface area (Å²) < 4.78 is 31.0. The van der Waals surface area contributed by atoms with Gasteiger partial charge in [0.2, 0.25) is 5.09 Å². The van der Waals surface area contributed by atoms with E-state index in [2.05, 4.69) is 18.5 Å². The maximum Gasteiger partial charge on any atom is 0.277 e. The summed E-state index contributed by atoms with van der Waals surface area (Å²) in [7, 11) is -1.86. The van der Waals surface area contributed by atoms with Gasteiger partial charge in [-0.2, -0.15) is 4.31 Å². The van der Waals surface area contributed by atoms with Crippen LogP contribution in [0, 0.1) is 0 Å². The first-order valence-electron chi connectivity index (χ1n) is 5.51. The van der Waals surface area contributed by atoms with Crippen molar-refractivity contribution in [1.29, 1.82) is 0 Å². The first-order valence-corrected chi connectivity index (χ1v) is 6.95. The van der Waals surface area contributed by atoms with Crippen LogP contribution in [0.2, 0.25) is 0 Å². The highest BCUT2D eigenvalue weighted by atomic mass is 32.2. The van der Waals surface area contributed by atoms with Crippen LogP contribution in [0.5, 0.6) is 0 Å². The lowest BCUT2D eigenvalue weighted by Crippen LogP contribution is -2.31. The van der Waals surface area contributed by atoms with Gasteiger partial charge in [-0.05, 0) is 19.2 Å². The maximum absolute atomic E-state index is 12.2. The molecule has 0 bridgehead atoms. The van der Waals surface area contributed by atoms with Crippen LogP contribution in [0.25, 0.3) is 0 Å². The fourth-order valence-corrected chi connectivity index (χ4v) is 2.76. The van der Waals surface area contributed by atoms with Crippen molar-refractivity contribution >= 4 is 10.0 Å². The molecule has 0 aliphatic rings. The molecule has 0 fully saturated rings. The zero-order valence-electron chi connectivity index (χ0n) is 10.4. The smallest absolute Gasteiger partial charge is 0.277 e. The third-order valence-electron chi connectivity index (χ3n) is 2.25. The zero-order chi connectivity index (χ0) is 13.6. The fraction of sp³-hybridized carbons (Fsp3) is 0.333. The zero-order valence-corrected chi connectivity index (χ0v) is 11.2. The molecule has 6 heteroatoms. The van der Waals surface area contributed by atoms with Crippen molar-refractivity contribution < 1.29 is 12.8 Å². The lowest BCUT2D eigenvalue weighted by atomic mass is 10.4. The molecule has 0 aliphatic carbocycles. The van der Waals surface area contributed by atoms with E-state index in [-0.39, 0.29) is 18.2 Å². The van der Waals surface area contributed by atoms with Crippen molar-refractivity contribution in [2.45, 2.75) is 11.6 Å². The Balaban J connectivity index is 3.01. The Hall–Kier alpha value is -1.37. The van der Waals surface area contributed by atoms with Crippen LogP contribution in [-0.4, -0.2) is 32.9 Å². The second kappa shape index (κ2) is 6.53. The van der Waals surface area contributed by atoms with E-state index in [1.807, 2.05) is 0 Å². The van der Waals surface area contributed by atoms with Crippen molar-refractivity contribution in [1.82, 2.24) is 9.62 Å². The molecule has 0 radical (unpaired) electrons. The Kier molecular flexibility index (Phi) is 5.33. The van der Waals surface area contributed by atoms with Gasteiger partial charge in [0.05, 0.1) is 6.54 Å². The van der Waals surface area contributed by atoms with Crippen molar-refractivity contribution in [2.75, 3.05) is 20.1 Å². The third kappa shape index (κ3) is 3.32. The van der Waals surface area contributed by atoms with Crippen LogP contribution in [0.1, 0.15) is 5.76 Å². The molecule has 0 amide bonds. The Labute approximate surface area is 108 Å². The first kappa shape index (κ1) is 14.7. The Morgan fingerprint density at radius 1 is 1.33 bits per heavy atom. The molecule has 18 heavy (non-hydrogen) atoms. The van der Waals surface area contributed by atoms with Crippen LogP contribution in [0.15, 0.2) is 47.0 Å². The largest absolute Gasteiger partial charge is 0.447 e. The van der Waals surface area contributed by atoms with Crippen LogP contribution in [0.3, 0.4) is 0 Å². The van der Waals surface area contributed by atoms with Gasteiger partial charge in [-0.3, -0.25) is 0 Å². The first-order chi connectivity index (χ1) is 8.56. The molecule has 0 aliphatic heterocycles. The van der Waals surface area contributed by atoms with Gasteiger partial charge in [-0.15, -0.1) is 13.2 Å². The number of sulfonamides is 1. The van der Waals surface area contributed by atoms with E-state index in [9.17, 15) is 8.42 Å². The van der Waals surface area contributed by atoms with Crippen LogP contribution in [-0.2, 0) is 16.6 Å². The highest BCUT2D eigenvalue weighted by molar-refractivity contribution is 7.89. The molecular weight excluding hydrogens is 252 g/mol. The Bertz CT molecular complexity index is 495. The van der Waals surface area contributed by atoms with Crippen LogP contribution in [0.4, 0.5) is 0 Å². The quantitative estimate of drug-likeness (QED) is 0.725. The van der Waals surface area contributed by atoms with Gasteiger partial charge in [0, 0.05) is 13.1 Å². The molecule has 1 aromatic heterocycles. The van der Waals surface area contributed by atoms with Crippen molar-refractivity contribution in [2.24, 2.45) is 0 Å². The minimum Gasteiger partial charge on any atom is -0.447 e. The maximum atomic E-state index is 12.2. The van der Waals surface area contributed by atoms with Gasteiger partial charge in [0.1, 0.15) is 5.76 Å². The standard InChI is InChI=1S/C12H18N2O3S/c1-4-8-14(9-5-2)18(15,16)12-7-6-11(17-12)10-13-3/h4-7,13H,1-2,8-10H2,3H3. The van der Waals surface area contributed by atoms with E-state index in [0.717, 1.165) is 0 Å². The van der Waals surface area contributed by atoms with E-state index in [0.29, 0.717) is 12.3 Å². The van der Waals surface area contributed by atoms with Crippen molar-refractivity contribution in [3.8, 4) is 0 Å². The Morgan fingerprint density at radius 2 is 1.94 bits per heavy atom. The lowest BCUT2D eigenvalue weighted by Gasteiger charge is -2.16. The summed E-state index contributed by atoms with van der Waals surface area (Å²) in [6.07, 6.45) is 3.05. The van der Waals surface area contributed by atoms with E-state index >= 15 is 0 Å². The summed E-state index contributed by atoms with van der Waals surface area (Å²) in [5, 5.41) is 2.83. The van der Waals surface area contributed by atoms with E-state index < -0.39 is 10.0 Å². The van der Waals surface area contributed by atoms with Gasteiger partial charge in [0.25, 0.3) is 10.0 Å². The SMILES string of the molecule is C=CCN(CC=C)S(=O)(=O)c1ccc(CNC)o1. The van der Waals surface area contributed by atoms with Gasteiger partial charge < -0.3 is 9.73 Å². The topological polar surface area (TPSA) is 62.6 Å². The highest BCUT2D eigenvalue weighted by Gasteiger charge is 2.25. The minimum atomic E-state index is -3.63. The number of nitrogens with zero attached hydrogens (tertiary/aromatic N) is 1. The summed E-state index contributed by atoms with van der Waals surface area (Å²) in [6.45, 7) is 8.01. The molecule has 100 valence electrons. The molecule has 0 saturated heterocycles. The normalized spacial score (nSPS) is 11.7. The second-order valence-corrected chi connectivity index (χ2v) is 5.52. The van der Waals surface area contributed by atoms with Gasteiger partial charge in [0.15, 0.2) is 0 Å². The van der Waals surface area contributed by atoms with Gasteiger partial charge in [-0.1, -0.05) is 12.2 Å². The van der Waals surface area contributed by atoms with Crippen LogP contribution >= 0.6 is 0 Å². The molecule has 1 rings (SSSR count). The minimum absolute atomic E-state index is 0.0588. The number of hydrogen-bond acceptors (Lipinski definition) is 4. The summed E-state index contributed by atoms with van der Waals surface area (Å²) in [4.78, 5) is 0. The third-order valence-corrected chi connectivity index (χ3v) is 3.95. The summed E-state index contributed by atoms with van der Waals surface area (Å²) in [5.41, 5.74) is 0. The van der Waals surface area contributed by atoms with Crippen molar-refractivity contribution in [3.63, 3.8) is 0 Å². The molecule has 0 saturated carbocycles. The monoisotopic (exact) mass is 270 g/mol. The molecule has 5 nitrogen and oxygen atoms in total.